The molecule has 1 heterocycles. The van der Waals surface area contributed by atoms with E-state index in [0.29, 0.717) is 22.9 Å². The Labute approximate surface area is 173 Å². The Kier molecular flexibility index (Phi) is 5.40. The van der Waals surface area contributed by atoms with Crippen molar-refractivity contribution in [1.29, 1.82) is 0 Å². The Morgan fingerprint density at radius 3 is 2.48 bits per heavy atom. The molecular formula is C23H19ClN2O3. The summed E-state index contributed by atoms with van der Waals surface area (Å²) >= 11 is 6.00. The van der Waals surface area contributed by atoms with Crippen LogP contribution in [0.2, 0.25) is 5.02 Å². The Morgan fingerprint density at radius 2 is 1.76 bits per heavy atom. The van der Waals surface area contributed by atoms with E-state index in [1.54, 1.807) is 19.4 Å². The van der Waals surface area contributed by atoms with Crippen molar-refractivity contribution < 1.29 is 14.6 Å². The third-order valence-corrected chi connectivity index (χ3v) is 4.81. The minimum Gasteiger partial charge on any atom is -0.507 e. The van der Waals surface area contributed by atoms with Crippen LogP contribution in [-0.2, 0) is 6.61 Å². The average Bonchev–Trinajstić information content (AvgIpc) is 3.22. The second-order valence-electron chi connectivity index (χ2n) is 6.48. The van der Waals surface area contributed by atoms with Crippen LogP contribution < -0.4 is 9.47 Å². The molecule has 3 aromatic carbocycles. The average molecular weight is 407 g/mol. The number of aromatic amines is 1. The number of ether oxygens (including phenoxy) is 2. The Morgan fingerprint density at radius 1 is 0.966 bits per heavy atom. The van der Waals surface area contributed by atoms with Gasteiger partial charge in [-0.15, -0.1) is 0 Å². The van der Waals surface area contributed by atoms with Crippen LogP contribution >= 0.6 is 11.6 Å². The molecule has 0 amide bonds. The van der Waals surface area contributed by atoms with Gasteiger partial charge in [0.2, 0.25) is 0 Å². The number of benzene rings is 3. The van der Waals surface area contributed by atoms with Crippen LogP contribution in [0.3, 0.4) is 0 Å². The monoisotopic (exact) mass is 406 g/mol. The van der Waals surface area contributed by atoms with Crippen molar-refractivity contribution in [3.8, 4) is 39.6 Å². The number of hydrogen-bond donors (Lipinski definition) is 2. The highest BCUT2D eigenvalue weighted by molar-refractivity contribution is 6.30. The molecule has 0 spiro atoms. The Bertz CT molecular complexity index is 1120. The summed E-state index contributed by atoms with van der Waals surface area (Å²) in [6.07, 6.45) is 1.74. The van der Waals surface area contributed by atoms with Crippen LogP contribution in [0.25, 0.3) is 22.4 Å². The molecule has 6 heteroatoms. The summed E-state index contributed by atoms with van der Waals surface area (Å²) in [5.41, 5.74) is 4.18. The molecule has 4 aromatic rings. The number of aromatic hydroxyl groups is 1. The lowest BCUT2D eigenvalue weighted by Crippen LogP contribution is -1.95. The summed E-state index contributed by atoms with van der Waals surface area (Å²) in [4.78, 5) is 0. The minimum absolute atomic E-state index is 0.104. The zero-order valence-electron chi connectivity index (χ0n) is 15.7. The van der Waals surface area contributed by atoms with Gasteiger partial charge >= 0.3 is 0 Å². The van der Waals surface area contributed by atoms with Gasteiger partial charge in [-0.25, -0.2) is 0 Å². The third-order valence-electron chi connectivity index (χ3n) is 4.57. The standard InChI is InChI=1S/C23H19ClN2O3/c1-28-18-7-5-16(6-8-18)21-13-25-26-23(21)20-10-9-19(12-22(20)27)29-14-15-3-2-4-17(24)11-15/h2-13,27H,14H2,1H3,(H,25,26). The van der Waals surface area contributed by atoms with Gasteiger partial charge in [-0.2, -0.15) is 5.10 Å². The van der Waals surface area contributed by atoms with E-state index in [0.717, 1.165) is 28.1 Å². The number of hydrogen-bond acceptors (Lipinski definition) is 4. The van der Waals surface area contributed by atoms with Crippen molar-refractivity contribution in [3.63, 3.8) is 0 Å². The van der Waals surface area contributed by atoms with E-state index in [-0.39, 0.29) is 5.75 Å². The SMILES string of the molecule is COc1ccc(-c2cn[nH]c2-c2ccc(OCc3cccc(Cl)c3)cc2O)cc1. The summed E-state index contributed by atoms with van der Waals surface area (Å²) in [5, 5.41) is 18.4. The zero-order chi connectivity index (χ0) is 20.2. The number of phenolic OH excluding ortho intramolecular Hbond substituents is 1. The van der Waals surface area contributed by atoms with Gasteiger partial charge in [0.05, 0.1) is 19.0 Å². The molecule has 29 heavy (non-hydrogen) atoms. The molecule has 0 saturated carbocycles. The van der Waals surface area contributed by atoms with Crippen molar-refractivity contribution in [2.24, 2.45) is 0 Å². The number of methoxy groups -OCH3 is 1. The highest BCUT2D eigenvalue weighted by Crippen LogP contribution is 2.37. The normalized spacial score (nSPS) is 10.7. The molecular weight excluding hydrogens is 388 g/mol. The van der Waals surface area contributed by atoms with E-state index < -0.39 is 0 Å². The van der Waals surface area contributed by atoms with Crippen LogP contribution in [0.15, 0.2) is 72.9 Å². The lowest BCUT2D eigenvalue weighted by Gasteiger charge is -2.10. The van der Waals surface area contributed by atoms with Crippen LogP contribution in [0.1, 0.15) is 5.56 Å². The van der Waals surface area contributed by atoms with Crippen molar-refractivity contribution in [2.75, 3.05) is 7.11 Å². The number of rotatable bonds is 6. The fourth-order valence-corrected chi connectivity index (χ4v) is 3.30. The fourth-order valence-electron chi connectivity index (χ4n) is 3.09. The van der Waals surface area contributed by atoms with Crippen molar-refractivity contribution in [1.82, 2.24) is 10.2 Å². The molecule has 0 aliphatic carbocycles. The highest BCUT2D eigenvalue weighted by atomic mass is 35.5. The first-order chi connectivity index (χ1) is 14.1. The van der Waals surface area contributed by atoms with E-state index in [1.165, 1.54) is 0 Å². The third kappa shape index (κ3) is 4.20. The highest BCUT2D eigenvalue weighted by Gasteiger charge is 2.14. The van der Waals surface area contributed by atoms with Crippen LogP contribution in [0.5, 0.6) is 17.2 Å². The van der Waals surface area contributed by atoms with Gasteiger partial charge in [0.1, 0.15) is 23.9 Å². The molecule has 0 atom stereocenters. The lowest BCUT2D eigenvalue weighted by molar-refractivity contribution is 0.304. The number of nitrogens with one attached hydrogen (secondary N) is 1. The lowest BCUT2D eigenvalue weighted by atomic mass is 10.0. The topological polar surface area (TPSA) is 67.4 Å². The Balaban J connectivity index is 1.56. The Hall–Kier alpha value is -3.44. The first kappa shape index (κ1) is 18.9. The second kappa shape index (κ2) is 8.29. The molecule has 0 fully saturated rings. The smallest absolute Gasteiger partial charge is 0.128 e. The molecule has 1 aromatic heterocycles. The van der Waals surface area contributed by atoms with Crippen molar-refractivity contribution >= 4 is 11.6 Å². The largest absolute Gasteiger partial charge is 0.507 e. The van der Waals surface area contributed by atoms with Crippen LogP contribution in [0, 0.1) is 0 Å². The first-order valence-electron chi connectivity index (χ1n) is 9.02. The minimum atomic E-state index is 0.104. The van der Waals surface area contributed by atoms with E-state index in [4.69, 9.17) is 21.1 Å². The molecule has 0 aliphatic rings. The molecule has 0 aliphatic heterocycles. The molecule has 5 nitrogen and oxygen atoms in total. The van der Waals surface area contributed by atoms with Crippen LogP contribution in [-0.4, -0.2) is 22.4 Å². The molecule has 0 bridgehead atoms. The predicted molar refractivity (Wildman–Crippen MR) is 113 cm³/mol. The summed E-state index contributed by atoms with van der Waals surface area (Å²) < 4.78 is 11.0. The van der Waals surface area contributed by atoms with E-state index >= 15 is 0 Å². The van der Waals surface area contributed by atoms with Gasteiger partial charge in [0.15, 0.2) is 0 Å². The molecule has 4 rings (SSSR count). The van der Waals surface area contributed by atoms with Gasteiger partial charge in [-0.3, -0.25) is 5.10 Å². The summed E-state index contributed by atoms with van der Waals surface area (Å²) in [5.74, 6) is 1.45. The summed E-state index contributed by atoms with van der Waals surface area (Å²) in [6, 6.07) is 20.4. The number of H-pyrrole nitrogens is 1. The molecule has 0 radical (unpaired) electrons. The fraction of sp³-hybridized carbons (Fsp3) is 0.0870. The maximum absolute atomic E-state index is 10.6. The maximum Gasteiger partial charge on any atom is 0.128 e. The summed E-state index contributed by atoms with van der Waals surface area (Å²) in [6.45, 7) is 0.362. The number of nitrogens with zero attached hydrogens (tertiary/aromatic N) is 1. The quantitative estimate of drug-likeness (QED) is 0.431. The van der Waals surface area contributed by atoms with Crippen molar-refractivity contribution in [3.05, 3.63) is 83.5 Å². The van der Waals surface area contributed by atoms with E-state index in [2.05, 4.69) is 10.2 Å². The number of halogens is 1. The van der Waals surface area contributed by atoms with Gasteiger partial charge in [-0.1, -0.05) is 35.9 Å². The van der Waals surface area contributed by atoms with Crippen LogP contribution in [0.4, 0.5) is 0 Å². The zero-order valence-corrected chi connectivity index (χ0v) is 16.5. The number of aromatic nitrogens is 2. The first-order valence-corrected chi connectivity index (χ1v) is 9.40. The molecule has 2 N–H and O–H groups in total. The van der Waals surface area contributed by atoms with E-state index in [1.807, 2.05) is 60.7 Å². The van der Waals surface area contributed by atoms with Gasteiger partial charge in [0, 0.05) is 22.2 Å². The van der Waals surface area contributed by atoms with Gasteiger partial charge < -0.3 is 14.6 Å². The van der Waals surface area contributed by atoms with E-state index in [9.17, 15) is 5.11 Å². The molecule has 146 valence electrons. The number of phenols is 1. The molecule has 0 saturated heterocycles. The predicted octanol–water partition coefficient (Wildman–Crippen LogP) is 5.69. The second-order valence-corrected chi connectivity index (χ2v) is 6.92. The van der Waals surface area contributed by atoms with Gasteiger partial charge in [-0.05, 0) is 47.5 Å². The van der Waals surface area contributed by atoms with Crippen molar-refractivity contribution in [2.45, 2.75) is 6.61 Å². The van der Waals surface area contributed by atoms with Gasteiger partial charge in [0.25, 0.3) is 0 Å². The molecule has 0 unspecified atom stereocenters. The maximum atomic E-state index is 10.6. The summed E-state index contributed by atoms with van der Waals surface area (Å²) in [7, 11) is 1.63.